The third-order valence-corrected chi connectivity index (χ3v) is 3.96. The molecule has 0 aliphatic carbocycles. The van der Waals surface area contributed by atoms with E-state index in [0.717, 1.165) is 38.4 Å². The molecule has 0 amide bonds. The lowest BCUT2D eigenvalue weighted by molar-refractivity contribution is 0.146. The van der Waals surface area contributed by atoms with E-state index in [2.05, 4.69) is 29.3 Å². The summed E-state index contributed by atoms with van der Waals surface area (Å²) in [7, 11) is 1.90. The Kier molecular flexibility index (Phi) is 4.80. The van der Waals surface area contributed by atoms with Crippen molar-refractivity contribution in [1.29, 1.82) is 0 Å². The van der Waals surface area contributed by atoms with Gasteiger partial charge in [0, 0.05) is 30.7 Å². The topological polar surface area (TPSA) is 44.7 Å². The zero-order chi connectivity index (χ0) is 13.7. The molecule has 1 aliphatic rings. The number of nitrogens with zero attached hydrogens (tertiary/aromatic N) is 1. The van der Waals surface area contributed by atoms with E-state index in [0.29, 0.717) is 0 Å². The number of aliphatic hydroxyl groups excluding tert-OH is 1. The van der Waals surface area contributed by atoms with Gasteiger partial charge in [-0.25, -0.2) is 0 Å². The van der Waals surface area contributed by atoms with Gasteiger partial charge in [-0.05, 0) is 26.5 Å². The van der Waals surface area contributed by atoms with Crippen molar-refractivity contribution in [3.05, 3.63) is 29.8 Å². The highest BCUT2D eigenvalue weighted by molar-refractivity contribution is 5.33. The quantitative estimate of drug-likeness (QED) is 0.840. The van der Waals surface area contributed by atoms with Gasteiger partial charge in [-0.2, -0.15) is 0 Å². The van der Waals surface area contributed by atoms with Crippen molar-refractivity contribution in [1.82, 2.24) is 10.2 Å². The molecule has 1 aromatic rings. The maximum atomic E-state index is 9.42. The molecule has 4 heteroatoms. The first kappa shape index (κ1) is 14.3. The molecule has 0 saturated heterocycles. The van der Waals surface area contributed by atoms with E-state index in [9.17, 15) is 5.11 Å². The van der Waals surface area contributed by atoms with Crippen molar-refractivity contribution in [2.45, 2.75) is 25.4 Å². The zero-order valence-electron chi connectivity index (χ0n) is 11.9. The van der Waals surface area contributed by atoms with Crippen LogP contribution in [0.1, 0.15) is 18.9 Å². The van der Waals surface area contributed by atoms with Crippen LogP contribution in [0.25, 0.3) is 0 Å². The van der Waals surface area contributed by atoms with Crippen LogP contribution in [-0.2, 0) is 6.54 Å². The van der Waals surface area contributed by atoms with Crippen molar-refractivity contribution < 1.29 is 9.84 Å². The highest BCUT2D eigenvalue weighted by Gasteiger charge is 2.23. The second kappa shape index (κ2) is 6.37. The van der Waals surface area contributed by atoms with E-state index in [4.69, 9.17) is 4.74 Å². The van der Waals surface area contributed by atoms with E-state index in [1.807, 2.05) is 19.2 Å². The molecule has 2 rings (SSSR count). The number of para-hydroxylation sites is 1. The first-order chi connectivity index (χ1) is 9.17. The summed E-state index contributed by atoms with van der Waals surface area (Å²) < 4.78 is 5.76. The number of fused-ring (bicyclic) bond motifs is 1. The smallest absolute Gasteiger partial charge is 0.123 e. The number of aliphatic hydroxyl groups is 1. The molecule has 106 valence electrons. The molecule has 0 fully saturated rings. The average Bonchev–Trinajstić information content (AvgIpc) is 2.66. The van der Waals surface area contributed by atoms with Gasteiger partial charge in [0.2, 0.25) is 0 Å². The SMILES string of the molecule is CNC(C)(CO)CCN1CCOc2ccccc2C1. The Balaban J connectivity index is 1.96. The van der Waals surface area contributed by atoms with Crippen molar-refractivity contribution in [2.24, 2.45) is 0 Å². The van der Waals surface area contributed by atoms with Crippen LogP contribution in [0.2, 0.25) is 0 Å². The first-order valence-corrected chi connectivity index (χ1v) is 6.90. The summed E-state index contributed by atoms with van der Waals surface area (Å²) in [5, 5.41) is 12.6. The molecule has 4 nitrogen and oxygen atoms in total. The van der Waals surface area contributed by atoms with Crippen LogP contribution in [0, 0.1) is 0 Å². The Morgan fingerprint density at radius 2 is 2.21 bits per heavy atom. The standard InChI is InChI=1S/C15H24N2O2/c1-15(12-18,16-2)7-8-17-9-10-19-14-6-4-3-5-13(14)11-17/h3-6,16,18H,7-12H2,1-2H3. The molecule has 1 unspecified atom stereocenters. The van der Waals surface area contributed by atoms with Crippen LogP contribution in [0.3, 0.4) is 0 Å². The minimum absolute atomic E-state index is 0.157. The molecule has 1 atom stereocenters. The molecule has 0 bridgehead atoms. The van der Waals surface area contributed by atoms with Crippen molar-refractivity contribution in [2.75, 3.05) is 33.4 Å². The van der Waals surface area contributed by atoms with Crippen LogP contribution in [-0.4, -0.2) is 48.9 Å². The van der Waals surface area contributed by atoms with Gasteiger partial charge in [0.1, 0.15) is 12.4 Å². The number of ether oxygens (including phenoxy) is 1. The van der Waals surface area contributed by atoms with Gasteiger partial charge in [0.25, 0.3) is 0 Å². The zero-order valence-corrected chi connectivity index (χ0v) is 11.9. The van der Waals surface area contributed by atoms with Gasteiger partial charge >= 0.3 is 0 Å². The average molecular weight is 264 g/mol. The van der Waals surface area contributed by atoms with Crippen molar-refractivity contribution in [3.63, 3.8) is 0 Å². The fourth-order valence-electron chi connectivity index (χ4n) is 2.26. The Morgan fingerprint density at radius 1 is 1.42 bits per heavy atom. The second-order valence-corrected chi connectivity index (χ2v) is 5.45. The van der Waals surface area contributed by atoms with Crippen molar-refractivity contribution >= 4 is 0 Å². The predicted octanol–water partition coefficient (Wildman–Crippen LogP) is 1.24. The van der Waals surface area contributed by atoms with E-state index >= 15 is 0 Å². The minimum atomic E-state index is -0.202. The summed E-state index contributed by atoms with van der Waals surface area (Å²) in [5.41, 5.74) is 1.04. The number of hydrogen-bond acceptors (Lipinski definition) is 4. The monoisotopic (exact) mass is 264 g/mol. The number of hydrogen-bond donors (Lipinski definition) is 2. The lowest BCUT2D eigenvalue weighted by Crippen LogP contribution is -2.46. The first-order valence-electron chi connectivity index (χ1n) is 6.90. The fraction of sp³-hybridized carbons (Fsp3) is 0.600. The second-order valence-electron chi connectivity index (χ2n) is 5.45. The third kappa shape index (κ3) is 3.69. The molecule has 0 radical (unpaired) electrons. The third-order valence-electron chi connectivity index (χ3n) is 3.96. The molecule has 0 saturated carbocycles. The van der Waals surface area contributed by atoms with Crippen LogP contribution in [0.15, 0.2) is 24.3 Å². The molecule has 1 aliphatic heterocycles. The molecule has 2 N–H and O–H groups in total. The van der Waals surface area contributed by atoms with E-state index in [1.165, 1.54) is 5.56 Å². The van der Waals surface area contributed by atoms with Gasteiger partial charge in [-0.1, -0.05) is 18.2 Å². The molecule has 1 heterocycles. The van der Waals surface area contributed by atoms with Gasteiger partial charge in [-0.3, -0.25) is 4.90 Å². The van der Waals surface area contributed by atoms with E-state index in [1.54, 1.807) is 0 Å². The number of likely N-dealkylation sites (N-methyl/N-ethyl adjacent to an activating group) is 1. The van der Waals surface area contributed by atoms with Gasteiger partial charge in [0.15, 0.2) is 0 Å². The Hall–Kier alpha value is -1.10. The predicted molar refractivity (Wildman–Crippen MR) is 76.4 cm³/mol. The van der Waals surface area contributed by atoms with E-state index < -0.39 is 0 Å². The summed E-state index contributed by atoms with van der Waals surface area (Å²) in [6.07, 6.45) is 0.919. The number of rotatable bonds is 5. The van der Waals surface area contributed by atoms with Gasteiger partial charge in [-0.15, -0.1) is 0 Å². The normalized spacial score (nSPS) is 19.1. The molecular formula is C15H24N2O2. The van der Waals surface area contributed by atoms with Crippen LogP contribution < -0.4 is 10.1 Å². The van der Waals surface area contributed by atoms with E-state index in [-0.39, 0.29) is 12.1 Å². The maximum Gasteiger partial charge on any atom is 0.123 e. The largest absolute Gasteiger partial charge is 0.492 e. The number of benzene rings is 1. The molecule has 0 spiro atoms. The lowest BCUT2D eigenvalue weighted by Gasteiger charge is -2.30. The lowest BCUT2D eigenvalue weighted by atomic mass is 9.99. The van der Waals surface area contributed by atoms with Crippen LogP contribution in [0.4, 0.5) is 0 Å². The molecular weight excluding hydrogens is 240 g/mol. The van der Waals surface area contributed by atoms with Gasteiger partial charge in [0.05, 0.1) is 6.61 Å². The maximum absolute atomic E-state index is 9.42. The number of nitrogens with one attached hydrogen (secondary N) is 1. The molecule has 0 aromatic heterocycles. The summed E-state index contributed by atoms with van der Waals surface area (Å²) >= 11 is 0. The van der Waals surface area contributed by atoms with Gasteiger partial charge < -0.3 is 15.2 Å². The summed E-state index contributed by atoms with van der Waals surface area (Å²) in [6, 6.07) is 8.22. The van der Waals surface area contributed by atoms with Crippen LogP contribution in [0.5, 0.6) is 5.75 Å². The minimum Gasteiger partial charge on any atom is -0.492 e. The highest BCUT2D eigenvalue weighted by atomic mass is 16.5. The fourth-order valence-corrected chi connectivity index (χ4v) is 2.26. The Morgan fingerprint density at radius 3 is 2.95 bits per heavy atom. The van der Waals surface area contributed by atoms with Crippen LogP contribution >= 0.6 is 0 Å². The highest BCUT2D eigenvalue weighted by Crippen LogP contribution is 2.23. The summed E-state index contributed by atoms with van der Waals surface area (Å²) in [5.74, 6) is 1.00. The summed E-state index contributed by atoms with van der Waals surface area (Å²) in [4.78, 5) is 2.39. The molecule has 1 aromatic carbocycles. The summed E-state index contributed by atoms with van der Waals surface area (Å²) in [6.45, 7) is 5.74. The molecule has 19 heavy (non-hydrogen) atoms. The Labute approximate surface area is 115 Å². The van der Waals surface area contributed by atoms with Crippen molar-refractivity contribution in [3.8, 4) is 5.75 Å². The Bertz CT molecular complexity index is 405.